The standard InChI is InChI=1S/C16H22ClNO2/c1-3-16(4-2,11-17)18-15(19)13-9-10-20-14-8-6-5-7-12(13)14/h5-8,13H,3-4,9-11H2,1-2H3,(H,18,19). The van der Waals surface area contributed by atoms with Crippen LogP contribution in [0.1, 0.15) is 44.6 Å². The van der Waals surface area contributed by atoms with Crippen LogP contribution >= 0.6 is 11.6 Å². The molecule has 2 rings (SSSR count). The quantitative estimate of drug-likeness (QED) is 0.845. The zero-order valence-corrected chi connectivity index (χ0v) is 12.9. The van der Waals surface area contributed by atoms with Crippen LogP contribution < -0.4 is 10.1 Å². The Morgan fingerprint density at radius 2 is 2.10 bits per heavy atom. The van der Waals surface area contributed by atoms with Crippen LogP contribution in [0.15, 0.2) is 24.3 Å². The number of alkyl halides is 1. The lowest BCUT2D eigenvalue weighted by Gasteiger charge is -2.34. The van der Waals surface area contributed by atoms with Crippen molar-refractivity contribution in [1.29, 1.82) is 0 Å². The van der Waals surface area contributed by atoms with Gasteiger partial charge in [-0.1, -0.05) is 32.0 Å². The first-order valence-corrected chi connectivity index (χ1v) is 7.79. The van der Waals surface area contributed by atoms with Crippen LogP contribution in [0.2, 0.25) is 0 Å². The Balaban J connectivity index is 2.19. The third kappa shape index (κ3) is 2.93. The number of rotatable bonds is 5. The fourth-order valence-corrected chi connectivity index (χ4v) is 3.06. The highest BCUT2D eigenvalue weighted by atomic mass is 35.5. The minimum atomic E-state index is -0.300. The molecule has 110 valence electrons. The molecule has 0 bridgehead atoms. The second-order valence-corrected chi connectivity index (χ2v) is 5.61. The van der Waals surface area contributed by atoms with Gasteiger partial charge >= 0.3 is 0 Å². The van der Waals surface area contributed by atoms with Gasteiger partial charge in [0.05, 0.1) is 18.1 Å². The highest BCUT2D eigenvalue weighted by Crippen LogP contribution is 2.34. The molecular formula is C16H22ClNO2. The fraction of sp³-hybridized carbons (Fsp3) is 0.562. The Kier molecular flexibility index (Phi) is 4.92. The van der Waals surface area contributed by atoms with Crippen LogP contribution in [-0.4, -0.2) is 23.9 Å². The second kappa shape index (κ2) is 6.49. The number of hydrogen-bond donors (Lipinski definition) is 1. The zero-order chi connectivity index (χ0) is 14.6. The lowest BCUT2D eigenvalue weighted by molar-refractivity contribution is -0.125. The van der Waals surface area contributed by atoms with E-state index in [4.69, 9.17) is 16.3 Å². The third-order valence-corrected chi connectivity index (χ3v) is 4.78. The summed E-state index contributed by atoms with van der Waals surface area (Å²) in [4.78, 5) is 12.6. The SMILES string of the molecule is CCC(CC)(CCl)NC(=O)C1CCOc2ccccc21. The molecule has 0 aromatic heterocycles. The predicted octanol–water partition coefficient (Wildman–Crippen LogP) is 3.47. The van der Waals surface area contributed by atoms with Crippen molar-refractivity contribution in [2.24, 2.45) is 0 Å². The van der Waals surface area contributed by atoms with Crippen molar-refractivity contribution < 1.29 is 9.53 Å². The molecule has 20 heavy (non-hydrogen) atoms. The van der Waals surface area contributed by atoms with Crippen LogP contribution in [0.5, 0.6) is 5.75 Å². The number of fused-ring (bicyclic) bond motifs is 1. The van der Waals surface area contributed by atoms with Crippen LogP contribution in [-0.2, 0) is 4.79 Å². The summed E-state index contributed by atoms with van der Waals surface area (Å²) in [5.74, 6) is 1.19. The van der Waals surface area contributed by atoms with Crippen LogP contribution in [0.4, 0.5) is 0 Å². The summed E-state index contributed by atoms with van der Waals surface area (Å²) in [6.07, 6.45) is 2.39. The number of nitrogens with one attached hydrogen (secondary N) is 1. The van der Waals surface area contributed by atoms with Gasteiger partial charge in [-0.3, -0.25) is 4.79 Å². The number of ether oxygens (including phenoxy) is 1. The van der Waals surface area contributed by atoms with Crippen molar-refractivity contribution in [3.8, 4) is 5.75 Å². The number of halogens is 1. The van der Waals surface area contributed by atoms with E-state index in [1.165, 1.54) is 0 Å². The van der Waals surface area contributed by atoms with Gasteiger partial charge < -0.3 is 10.1 Å². The van der Waals surface area contributed by atoms with Gasteiger partial charge in [-0.25, -0.2) is 0 Å². The van der Waals surface area contributed by atoms with Crippen molar-refractivity contribution >= 4 is 17.5 Å². The fourth-order valence-electron chi connectivity index (χ4n) is 2.61. The number of para-hydroxylation sites is 1. The van der Waals surface area contributed by atoms with E-state index in [2.05, 4.69) is 19.2 Å². The number of carbonyl (C=O) groups excluding carboxylic acids is 1. The van der Waals surface area contributed by atoms with Crippen LogP contribution in [0, 0.1) is 0 Å². The van der Waals surface area contributed by atoms with E-state index in [1.807, 2.05) is 24.3 Å². The molecule has 1 aromatic rings. The predicted molar refractivity (Wildman–Crippen MR) is 81.5 cm³/mol. The Labute approximate surface area is 125 Å². The lowest BCUT2D eigenvalue weighted by Crippen LogP contribution is -2.51. The van der Waals surface area contributed by atoms with Gasteiger partial charge in [0.2, 0.25) is 5.91 Å². The van der Waals surface area contributed by atoms with E-state index >= 15 is 0 Å². The van der Waals surface area contributed by atoms with Crippen molar-refractivity contribution in [3.63, 3.8) is 0 Å². The third-order valence-electron chi connectivity index (χ3n) is 4.27. The Bertz CT molecular complexity index is 463. The van der Waals surface area contributed by atoms with E-state index in [-0.39, 0.29) is 17.4 Å². The Morgan fingerprint density at radius 3 is 2.75 bits per heavy atom. The highest BCUT2D eigenvalue weighted by molar-refractivity contribution is 6.18. The Morgan fingerprint density at radius 1 is 1.40 bits per heavy atom. The van der Waals surface area contributed by atoms with Crippen molar-refractivity contribution in [2.45, 2.75) is 44.6 Å². The largest absolute Gasteiger partial charge is 0.493 e. The first-order chi connectivity index (χ1) is 9.65. The normalized spacial score (nSPS) is 18.1. The second-order valence-electron chi connectivity index (χ2n) is 5.34. The van der Waals surface area contributed by atoms with E-state index in [0.29, 0.717) is 18.9 Å². The molecule has 0 aliphatic carbocycles. The summed E-state index contributed by atoms with van der Waals surface area (Å²) in [6.45, 7) is 4.70. The molecule has 0 radical (unpaired) electrons. The molecule has 1 amide bonds. The van der Waals surface area contributed by atoms with Crippen LogP contribution in [0.3, 0.4) is 0 Å². The highest BCUT2D eigenvalue weighted by Gasteiger charge is 2.33. The summed E-state index contributed by atoms with van der Waals surface area (Å²) in [5.41, 5.74) is 0.679. The maximum absolute atomic E-state index is 12.6. The monoisotopic (exact) mass is 295 g/mol. The van der Waals surface area contributed by atoms with E-state index in [9.17, 15) is 4.79 Å². The smallest absolute Gasteiger partial charge is 0.228 e. The molecule has 4 heteroatoms. The average molecular weight is 296 g/mol. The number of carbonyl (C=O) groups is 1. The molecule has 1 heterocycles. The maximum Gasteiger partial charge on any atom is 0.228 e. The van der Waals surface area contributed by atoms with Crippen LogP contribution in [0.25, 0.3) is 0 Å². The minimum absolute atomic E-state index is 0.0603. The zero-order valence-electron chi connectivity index (χ0n) is 12.1. The van der Waals surface area contributed by atoms with E-state index in [0.717, 1.165) is 24.2 Å². The molecule has 1 aromatic carbocycles. The molecule has 1 aliphatic rings. The molecule has 1 unspecified atom stereocenters. The molecule has 0 saturated carbocycles. The van der Waals surface area contributed by atoms with Gasteiger partial charge in [-0.15, -0.1) is 11.6 Å². The first kappa shape index (κ1) is 15.2. The number of hydrogen-bond acceptors (Lipinski definition) is 2. The molecule has 0 fully saturated rings. The summed E-state index contributed by atoms with van der Waals surface area (Å²) in [6, 6.07) is 7.77. The molecule has 1 N–H and O–H groups in total. The average Bonchev–Trinajstić information content (AvgIpc) is 2.52. The van der Waals surface area contributed by atoms with E-state index < -0.39 is 0 Å². The van der Waals surface area contributed by atoms with Crippen molar-refractivity contribution in [1.82, 2.24) is 5.32 Å². The summed E-state index contributed by atoms with van der Waals surface area (Å²) >= 11 is 6.07. The summed E-state index contributed by atoms with van der Waals surface area (Å²) < 4.78 is 5.61. The molecule has 0 saturated heterocycles. The van der Waals surface area contributed by atoms with Gasteiger partial charge in [-0.2, -0.15) is 0 Å². The van der Waals surface area contributed by atoms with Crippen molar-refractivity contribution in [2.75, 3.05) is 12.5 Å². The van der Waals surface area contributed by atoms with E-state index in [1.54, 1.807) is 0 Å². The molecule has 0 spiro atoms. The van der Waals surface area contributed by atoms with Gasteiger partial charge in [0.1, 0.15) is 5.75 Å². The number of benzene rings is 1. The first-order valence-electron chi connectivity index (χ1n) is 7.25. The maximum atomic E-state index is 12.6. The van der Waals surface area contributed by atoms with Gasteiger partial charge in [-0.05, 0) is 25.3 Å². The molecular weight excluding hydrogens is 274 g/mol. The van der Waals surface area contributed by atoms with Gasteiger partial charge in [0.15, 0.2) is 0 Å². The Hall–Kier alpha value is -1.22. The lowest BCUT2D eigenvalue weighted by atomic mass is 9.89. The summed E-state index contributed by atoms with van der Waals surface area (Å²) in [5, 5.41) is 3.16. The van der Waals surface area contributed by atoms with Crippen molar-refractivity contribution in [3.05, 3.63) is 29.8 Å². The van der Waals surface area contributed by atoms with Gasteiger partial charge in [0.25, 0.3) is 0 Å². The molecule has 3 nitrogen and oxygen atoms in total. The van der Waals surface area contributed by atoms with Gasteiger partial charge in [0, 0.05) is 11.4 Å². The summed E-state index contributed by atoms with van der Waals surface area (Å²) in [7, 11) is 0. The topological polar surface area (TPSA) is 38.3 Å². The minimum Gasteiger partial charge on any atom is -0.493 e. The molecule has 1 atom stereocenters. The number of amides is 1. The molecule has 1 aliphatic heterocycles.